The first kappa shape index (κ1) is 15.1. The van der Waals surface area contributed by atoms with Crippen LogP contribution in [-0.4, -0.2) is 29.2 Å². The van der Waals surface area contributed by atoms with Gasteiger partial charge in [-0.3, -0.25) is 4.79 Å². The van der Waals surface area contributed by atoms with Crippen molar-refractivity contribution in [3.63, 3.8) is 0 Å². The van der Waals surface area contributed by atoms with Gasteiger partial charge >= 0.3 is 5.97 Å². The molecule has 0 saturated heterocycles. The van der Waals surface area contributed by atoms with Crippen LogP contribution in [0.4, 0.5) is 5.69 Å². The average molecular weight is 316 g/mol. The van der Waals surface area contributed by atoms with Crippen molar-refractivity contribution in [1.82, 2.24) is 5.16 Å². The first-order chi connectivity index (χ1) is 11.1. The largest absolute Gasteiger partial charge is 0.495 e. The zero-order valence-corrected chi connectivity index (χ0v) is 12.6. The minimum absolute atomic E-state index is 0.0821. The molecule has 3 rings (SSSR count). The number of methoxy groups -OCH3 is 1. The summed E-state index contributed by atoms with van der Waals surface area (Å²) in [5.74, 6) is -0.407. The number of carboxylic acids is 1. The topological polar surface area (TPSA) is 102 Å². The second-order valence-electron chi connectivity index (χ2n) is 5.31. The number of hydrogen-bond donors (Lipinski definition) is 2. The molecule has 1 heterocycles. The first-order valence-corrected chi connectivity index (χ1v) is 7.30. The monoisotopic (exact) mass is 316 g/mol. The summed E-state index contributed by atoms with van der Waals surface area (Å²) >= 11 is 0. The smallest absolute Gasteiger partial charge is 0.335 e. The van der Waals surface area contributed by atoms with Gasteiger partial charge in [-0.25, -0.2) is 4.79 Å². The van der Waals surface area contributed by atoms with E-state index in [0.29, 0.717) is 5.69 Å². The van der Waals surface area contributed by atoms with Gasteiger partial charge in [0.15, 0.2) is 5.69 Å². The SMILES string of the molecule is COc1cc(C(=O)O)ccc1NC(=O)c1noc2c1CCCC2. The standard InChI is InChI=1S/C16H16N2O5/c1-22-13-8-9(16(20)21)6-7-11(13)17-15(19)14-10-4-2-3-5-12(10)23-18-14/h6-8H,2-5H2,1H3,(H,17,19)(H,20,21). The number of rotatable bonds is 4. The van der Waals surface area contributed by atoms with Gasteiger partial charge in [-0.1, -0.05) is 5.16 Å². The van der Waals surface area contributed by atoms with Gasteiger partial charge in [0.2, 0.25) is 0 Å². The maximum absolute atomic E-state index is 12.4. The van der Waals surface area contributed by atoms with Gasteiger partial charge in [0, 0.05) is 12.0 Å². The van der Waals surface area contributed by atoms with Crippen LogP contribution in [-0.2, 0) is 12.8 Å². The fourth-order valence-corrected chi connectivity index (χ4v) is 2.67. The van der Waals surface area contributed by atoms with E-state index in [2.05, 4.69) is 10.5 Å². The van der Waals surface area contributed by atoms with Crippen LogP contribution in [0.1, 0.15) is 45.0 Å². The third-order valence-electron chi connectivity index (χ3n) is 3.86. The molecule has 23 heavy (non-hydrogen) atoms. The van der Waals surface area contributed by atoms with Crippen molar-refractivity contribution in [3.8, 4) is 5.75 Å². The van der Waals surface area contributed by atoms with E-state index < -0.39 is 11.9 Å². The van der Waals surface area contributed by atoms with E-state index >= 15 is 0 Å². The van der Waals surface area contributed by atoms with E-state index in [1.807, 2.05) is 0 Å². The van der Waals surface area contributed by atoms with Crippen LogP contribution in [0, 0.1) is 0 Å². The quantitative estimate of drug-likeness (QED) is 0.898. The van der Waals surface area contributed by atoms with Crippen molar-refractivity contribution in [1.29, 1.82) is 0 Å². The Balaban J connectivity index is 1.85. The number of nitrogens with zero attached hydrogens (tertiary/aromatic N) is 1. The molecule has 7 nitrogen and oxygen atoms in total. The van der Waals surface area contributed by atoms with Gasteiger partial charge in [-0.05, 0) is 37.5 Å². The Morgan fingerprint density at radius 1 is 1.30 bits per heavy atom. The third kappa shape index (κ3) is 2.90. The number of aromatic nitrogens is 1. The van der Waals surface area contributed by atoms with Gasteiger partial charge in [0.25, 0.3) is 5.91 Å². The number of ether oxygens (including phenoxy) is 1. The minimum Gasteiger partial charge on any atom is -0.495 e. The van der Waals surface area contributed by atoms with Crippen molar-refractivity contribution >= 4 is 17.6 Å². The maximum Gasteiger partial charge on any atom is 0.335 e. The molecule has 7 heteroatoms. The Labute approximate surface area is 132 Å². The molecule has 1 amide bonds. The number of anilines is 1. The predicted molar refractivity (Wildman–Crippen MR) is 81.1 cm³/mol. The predicted octanol–water partition coefficient (Wildman–Crippen LogP) is 2.51. The molecule has 1 aliphatic rings. The number of hydrogen-bond acceptors (Lipinski definition) is 5. The number of aromatic carboxylic acids is 1. The molecule has 2 aromatic rings. The number of nitrogens with one attached hydrogen (secondary N) is 1. The molecule has 1 aromatic carbocycles. The normalized spacial score (nSPS) is 13.3. The Bertz CT molecular complexity index is 766. The van der Waals surface area contributed by atoms with Crippen molar-refractivity contribution in [2.24, 2.45) is 0 Å². The molecular formula is C16H16N2O5. The van der Waals surface area contributed by atoms with Crippen LogP contribution in [0.25, 0.3) is 0 Å². The van der Waals surface area contributed by atoms with E-state index in [0.717, 1.165) is 37.0 Å². The lowest BCUT2D eigenvalue weighted by Gasteiger charge is -2.11. The van der Waals surface area contributed by atoms with Crippen molar-refractivity contribution in [3.05, 3.63) is 40.8 Å². The van der Waals surface area contributed by atoms with Crippen LogP contribution in [0.15, 0.2) is 22.7 Å². The molecule has 2 N–H and O–H groups in total. The lowest BCUT2D eigenvalue weighted by Crippen LogP contribution is -2.16. The molecule has 0 atom stereocenters. The number of benzene rings is 1. The van der Waals surface area contributed by atoms with Crippen LogP contribution < -0.4 is 10.1 Å². The molecular weight excluding hydrogens is 300 g/mol. The molecule has 0 spiro atoms. The minimum atomic E-state index is -1.06. The highest BCUT2D eigenvalue weighted by atomic mass is 16.5. The summed E-state index contributed by atoms with van der Waals surface area (Å²) in [6.45, 7) is 0. The maximum atomic E-state index is 12.4. The molecule has 1 aromatic heterocycles. The Hall–Kier alpha value is -2.83. The van der Waals surface area contributed by atoms with Crippen LogP contribution in [0.3, 0.4) is 0 Å². The van der Waals surface area contributed by atoms with Gasteiger partial charge in [-0.15, -0.1) is 0 Å². The molecule has 0 radical (unpaired) electrons. The second-order valence-corrected chi connectivity index (χ2v) is 5.31. The lowest BCUT2D eigenvalue weighted by atomic mass is 9.96. The number of fused-ring (bicyclic) bond motifs is 1. The Morgan fingerprint density at radius 2 is 2.09 bits per heavy atom. The van der Waals surface area contributed by atoms with E-state index in [4.69, 9.17) is 14.4 Å². The fraction of sp³-hybridized carbons (Fsp3) is 0.312. The summed E-state index contributed by atoms with van der Waals surface area (Å²) in [4.78, 5) is 23.4. The number of aryl methyl sites for hydroxylation is 1. The Kier molecular flexibility index (Phi) is 4.01. The summed E-state index contributed by atoms with van der Waals surface area (Å²) in [6.07, 6.45) is 3.61. The summed E-state index contributed by atoms with van der Waals surface area (Å²) in [6, 6.07) is 4.25. The summed E-state index contributed by atoms with van der Waals surface area (Å²) in [7, 11) is 1.41. The third-order valence-corrected chi connectivity index (χ3v) is 3.86. The molecule has 0 fully saturated rings. The highest BCUT2D eigenvalue weighted by molar-refractivity contribution is 6.05. The number of carbonyl (C=O) groups excluding carboxylic acids is 1. The highest BCUT2D eigenvalue weighted by Crippen LogP contribution is 2.28. The van der Waals surface area contributed by atoms with E-state index in [1.165, 1.54) is 25.3 Å². The Morgan fingerprint density at radius 3 is 2.83 bits per heavy atom. The molecule has 120 valence electrons. The van der Waals surface area contributed by atoms with Crippen LogP contribution in [0.2, 0.25) is 0 Å². The number of carbonyl (C=O) groups is 2. The van der Waals surface area contributed by atoms with E-state index in [-0.39, 0.29) is 17.0 Å². The molecule has 1 aliphatic carbocycles. The van der Waals surface area contributed by atoms with Crippen LogP contribution in [0.5, 0.6) is 5.75 Å². The average Bonchev–Trinajstić information content (AvgIpc) is 2.99. The van der Waals surface area contributed by atoms with E-state index in [1.54, 1.807) is 0 Å². The molecule has 0 bridgehead atoms. The van der Waals surface area contributed by atoms with Crippen molar-refractivity contribution in [2.75, 3.05) is 12.4 Å². The van der Waals surface area contributed by atoms with Gasteiger partial charge in [0.1, 0.15) is 11.5 Å². The van der Waals surface area contributed by atoms with Crippen LogP contribution >= 0.6 is 0 Å². The number of amides is 1. The second kappa shape index (κ2) is 6.12. The van der Waals surface area contributed by atoms with Gasteiger partial charge < -0.3 is 19.7 Å². The fourth-order valence-electron chi connectivity index (χ4n) is 2.67. The molecule has 0 saturated carbocycles. The van der Waals surface area contributed by atoms with Gasteiger partial charge in [0.05, 0.1) is 18.4 Å². The summed E-state index contributed by atoms with van der Waals surface area (Å²) < 4.78 is 10.4. The zero-order chi connectivity index (χ0) is 16.4. The lowest BCUT2D eigenvalue weighted by molar-refractivity contribution is 0.0696. The summed E-state index contributed by atoms with van der Waals surface area (Å²) in [5, 5.41) is 15.6. The highest BCUT2D eigenvalue weighted by Gasteiger charge is 2.24. The first-order valence-electron chi connectivity index (χ1n) is 7.30. The zero-order valence-electron chi connectivity index (χ0n) is 12.6. The van der Waals surface area contributed by atoms with Gasteiger partial charge in [-0.2, -0.15) is 0 Å². The van der Waals surface area contributed by atoms with E-state index in [9.17, 15) is 9.59 Å². The molecule has 0 unspecified atom stereocenters. The number of carboxylic acid groups (broad SMARTS) is 1. The summed E-state index contributed by atoms with van der Waals surface area (Å²) in [5.41, 5.74) is 1.60. The van der Waals surface area contributed by atoms with Crippen molar-refractivity contribution in [2.45, 2.75) is 25.7 Å². The van der Waals surface area contributed by atoms with Crippen molar-refractivity contribution < 1.29 is 24.0 Å². The molecule has 0 aliphatic heterocycles.